The monoisotopic (exact) mass is 660 g/mol. The summed E-state index contributed by atoms with van der Waals surface area (Å²) in [6.07, 6.45) is 0.366. The fourth-order valence-corrected chi connectivity index (χ4v) is 6.57. The Morgan fingerprint density at radius 1 is 0.830 bits per heavy atom. The van der Waals surface area contributed by atoms with E-state index in [1.165, 1.54) is 28.9 Å². The first-order valence-corrected chi connectivity index (χ1v) is 15.9. The number of amides is 3. The number of urea groups is 1. The van der Waals surface area contributed by atoms with Gasteiger partial charge in [-0.3, -0.25) is 14.2 Å². The molecule has 0 fully saturated rings. The third-order valence-corrected chi connectivity index (χ3v) is 8.74. The Hall–Kier alpha value is -5.14. The van der Waals surface area contributed by atoms with Gasteiger partial charge in [-0.25, -0.2) is 22.9 Å². The smallest absolute Gasteiger partial charge is 0.337 e. The van der Waals surface area contributed by atoms with Crippen molar-refractivity contribution in [1.82, 2.24) is 25.1 Å². The van der Waals surface area contributed by atoms with Gasteiger partial charge < -0.3 is 21.3 Å². The second-order valence-corrected chi connectivity index (χ2v) is 11.7. The lowest BCUT2D eigenvalue weighted by molar-refractivity contribution is -0.118. The van der Waals surface area contributed by atoms with Crippen molar-refractivity contribution in [2.24, 2.45) is 0 Å². The van der Waals surface area contributed by atoms with Crippen molar-refractivity contribution in [2.45, 2.75) is 26.8 Å². The normalized spacial score (nSPS) is 11.1. The molecule has 13 heteroatoms. The van der Waals surface area contributed by atoms with Gasteiger partial charge in [0.05, 0.1) is 17.6 Å². The Labute approximate surface area is 273 Å². The van der Waals surface area contributed by atoms with Gasteiger partial charge in [-0.2, -0.15) is 0 Å². The number of carbonyl (C=O) groups excluding carboxylic acids is 2. The summed E-state index contributed by atoms with van der Waals surface area (Å²) in [5.74, 6) is -1.76. The minimum absolute atomic E-state index is 0.145. The van der Waals surface area contributed by atoms with Crippen LogP contribution in [0, 0.1) is 11.6 Å². The fourth-order valence-electron chi connectivity index (χ4n) is 5.23. The number of fused-ring (bicyclic) bond motifs is 1. The van der Waals surface area contributed by atoms with Crippen LogP contribution in [0.1, 0.15) is 25.0 Å². The summed E-state index contributed by atoms with van der Waals surface area (Å²) in [6, 6.07) is 18.6. The molecule has 0 aliphatic heterocycles. The topological polar surface area (TPSA) is 126 Å². The number of nitrogens with one attached hydrogen (secondary N) is 4. The van der Waals surface area contributed by atoms with Crippen LogP contribution in [0.5, 0.6) is 0 Å². The molecule has 4 N–H and O–H groups in total. The van der Waals surface area contributed by atoms with Crippen molar-refractivity contribution in [1.29, 1.82) is 0 Å². The van der Waals surface area contributed by atoms with Gasteiger partial charge in [-0.05, 0) is 67.4 Å². The number of nitrogens with zero attached hydrogens (tertiary/aromatic N) is 2. The molecule has 5 rings (SSSR count). The highest BCUT2D eigenvalue weighted by Gasteiger charge is 2.25. The Morgan fingerprint density at radius 3 is 2.19 bits per heavy atom. The lowest BCUT2D eigenvalue weighted by atomic mass is 10.0. The van der Waals surface area contributed by atoms with E-state index >= 15 is 0 Å². The van der Waals surface area contributed by atoms with Gasteiger partial charge in [-0.1, -0.05) is 36.4 Å². The molecule has 0 atom stereocenters. The number of carbonyl (C=O) groups is 2. The highest BCUT2D eigenvalue weighted by atomic mass is 32.1. The highest BCUT2D eigenvalue weighted by Crippen LogP contribution is 2.38. The maximum atomic E-state index is 14.9. The van der Waals surface area contributed by atoms with E-state index in [1.54, 1.807) is 54.6 Å². The first-order valence-electron chi connectivity index (χ1n) is 15.1. The first kappa shape index (κ1) is 33.2. The van der Waals surface area contributed by atoms with Crippen LogP contribution in [0.2, 0.25) is 0 Å². The third kappa shape index (κ3) is 7.47. The molecular weight excluding hydrogens is 626 g/mol. The lowest BCUT2D eigenvalue weighted by Gasteiger charge is -2.14. The number of rotatable bonds is 12. The molecule has 3 amide bonds. The Kier molecular flexibility index (Phi) is 10.6. The van der Waals surface area contributed by atoms with E-state index in [0.29, 0.717) is 54.4 Å². The minimum Gasteiger partial charge on any atom is -0.355 e. The van der Waals surface area contributed by atoms with Crippen molar-refractivity contribution in [3.8, 4) is 16.1 Å². The quantitative estimate of drug-likeness (QED) is 0.146. The number of thiophene rings is 1. The predicted molar refractivity (Wildman–Crippen MR) is 181 cm³/mol. The molecular formula is C34H34F2N6O4S. The SMILES string of the molecule is CCNC(=O)Nc1ccc(-c2sc3c(c2CCNCCNC(C)=O)c(=O)n(-c2ccccc2)c(=O)n3Cc2c(F)cccc2F)cc1. The minimum atomic E-state index is -0.807. The van der Waals surface area contributed by atoms with Crippen LogP contribution in [0.15, 0.2) is 82.4 Å². The molecule has 0 bridgehead atoms. The van der Waals surface area contributed by atoms with Gasteiger partial charge in [-0.15, -0.1) is 11.3 Å². The number of hydrogen-bond donors (Lipinski definition) is 4. The number of anilines is 1. The summed E-state index contributed by atoms with van der Waals surface area (Å²) in [5.41, 5.74) is 0.672. The zero-order valence-electron chi connectivity index (χ0n) is 25.9. The van der Waals surface area contributed by atoms with Gasteiger partial charge in [0.25, 0.3) is 5.56 Å². The fraction of sp³-hybridized carbons (Fsp3) is 0.235. The van der Waals surface area contributed by atoms with Crippen molar-refractivity contribution < 1.29 is 18.4 Å². The van der Waals surface area contributed by atoms with E-state index in [1.807, 2.05) is 6.92 Å². The molecule has 10 nitrogen and oxygen atoms in total. The van der Waals surface area contributed by atoms with Gasteiger partial charge in [0.1, 0.15) is 16.5 Å². The van der Waals surface area contributed by atoms with Crippen LogP contribution in [-0.2, 0) is 17.8 Å². The number of benzene rings is 3. The molecule has 0 radical (unpaired) electrons. The average molecular weight is 661 g/mol. The Morgan fingerprint density at radius 2 is 1.53 bits per heavy atom. The van der Waals surface area contributed by atoms with Gasteiger partial charge in [0, 0.05) is 42.7 Å². The van der Waals surface area contributed by atoms with Crippen molar-refractivity contribution in [3.05, 3.63) is 116 Å². The standard InChI is InChI=1S/C34H34F2N6O4S/c1-3-38-33(45)40-23-14-12-22(13-15-23)30-25(16-17-37-18-19-39-21(2)43)29-31(44)42(24-8-5-4-6-9-24)34(46)41(32(29)47-30)20-26-27(35)10-7-11-28(26)36/h4-15,37H,3,16-20H2,1-2H3,(H,39,43)(H2,38,40,45). The van der Waals surface area contributed by atoms with Crippen LogP contribution < -0.4 is 32.5 Å². The van der Waals surface area contributed by atoms with Gasteiger partial charge in [0.2, 0.25) is 5.91 Å². The second-order valence-electron chi connectivity index (χ2n) is 10.7. The largest absolute Gasteiger partial charge is 0.355 e. The summed E-state index contributed by atoms with van der Waals surface area (Å²) in [5, 5.41) is 11.7. The van der Waals surface area contributed by atoms with Crippen LogP contribution in [0.4, 0.5) is 19.3 Å². The maximum absolute atomic E-state index is 14.9. The van der Waals surface area contributed by atoms with E-state index in [4.69, 9.17) is 0 Å². The van der Waals surface area contributed by atoms with E-state index < -0.39 is 29.4 Å². The molecule has 0 spiro atoms. The predicted octanol–water partition coefficient (Wildman–Crippen LogP) is 4.62. The van der Waals surface area contributed by atoms with E-state index in [9.17, 15) is 28.0 Å². The van der Waals surface area contributed by atoms with Crippen LogP contribution in [0.25, 0.3) is 26.3 Å². The van der Waals surface area contributed by atoms with Crippen molar-refractivity contribution in [2.75, 3.05) is 31.5 Å². The molecule has 0 aliphatic rings. The van der Waals surface area contributed by atoms with E-state index in [0.717, 1.165) is 22.3 Å². The highest BCUT2D eigenvalue weighted by molar-refractivity contribution is 7.22. The summed E-state index contributed by atoms with van der Waals surface area (Å²) < 4.78 is 32.1. The number of aromatic nitrogens is 2. The number of hydrogen-bond acceptors (Lipinski definition) is 6. The molecule has 244 valence electrons. The molecule has 5 aromatic rings. The molecule has 47 heavy (non-hydrogen) atoms. The Balaban J connectivity index is 1.69. The van der Waals surface area contributed by atoms with E-state index in [-0.39, 0.29) is 27.7 Å². The lowest BCUT2D eigenvalue weighted by Crippen LogP contribution is -2.39. The molecule has 2 aromatic heterocycles. The van der Waals surface area contributed by atoms with Crippen molar-refractivity contribution >= 4 is 39.2 Å². The summed E-state index contributed by atoms with van der Waals surface area (Å²) in [4.78, 5) is 52.7. The summed E-state index contributed by atoms with van der Waals surface area (Å²) in [7, 11) is 0. The molecule has 2 heterocycles. The van der Waals surface area contributed by atoms with E-state index in [2.05, 4.69) is 21.3 Å². The molecule has 0 saturated heterocycles. The Bertz CT molecular complexity index is 2000. The summed E-state index contributed by atoms with van der Waals surface area (Å²) in [6.45, 7) is 4.61. The maximum Gasteiger partial charge on any atom is 0.337 e. The van der Waals surface area contributed by atoms with Crippen LogP contribution >= 0.6 is 11.3 Å². The number of para-hydroxylation sites is 1. The van der Waals surface area contributed by atoms with Gasteiger partial charge in [0.15, 0.2) is 0 Å². The van der Waals surface area contributed by atoms with Crippen molar-refractivity contribution in [3.63, 3.8) is 0 Å². The zero-order valence-corrected chi connectivity index (χ0v) is 26.7. The second kappa shape index (κ2) is 15.0. The molecule has 0 saturated carbocycles. The first-order chi connectivity index (χ1) is 22.7. The molecule has 3 aromatic carbocycles. The van der Waals surface area contributed by atoms with Gasteiger partial charge >= 0.3 is 11.7 Å². The molecule has 0 unspecified atom stereocenters. The number of halogens is 2. The zero-order chi connectivity index (χ0) is 33.5. The van der Waals surface area contributed by atoms with Crippen LogP contribution in [0.3, 0.4) is 0 Å². The third-order valence-electron chi connectivity index (χ3n) is 7.43. The van der Waals surface area contributed by atoms with Crippen LogP contribution in [-0.4, -0.2) is 47.3 Å². The molecule has 0 aliphatic carbocycles. The summed E-state index contributed by atoms with van der Waals surface area (Å²) >= 11 is 1.19. The average Bonchev–Trinajstić information content (AvgIpc) is 3.42.